The number of anilines is 1. The Kier molecular flexibility index (Phi) is 7.65. The average Bonchev–Trinajstić information content (AvgIpc) is 3.50. The molecule has 0 aliphatic rings. The quantitative estimate of drug-likeness (QED) is 0.304. The SMILES string of the molecule is COc1cccc2cc(-c3nnc(NC(=O)c4ccc(S(=O)(=O)N(CC(C)C)CC(C)C)cc4)o3)oc12. The summed E-state index contributed by atoms with van der Waals surface area (Å²) in [6, 6.07) is 12.8. The van der Waals surface area contributed by atoms with Crippen LogP contribution >= 0.6 is 0 Å². The fraction of sp³-hybridized carbons (Fsp3) is 0.346. The first-order chi connectivity index (χ1) is 17.6. The van der Waals surface area contributed by atoms with Gasteiger partial charge in [-0.25, -0.2) is 8.42 Å². The molecule has 0 spiro atoms. The zero-order valence-electron chi connectivity index (χ0n) is 21.4. The van der Waals surface area contributed by atoms with Crippen LogP contribution in [0.4, 0.5) is 6.01 Å². The van der Waals surface area contributed by atoms with Crippen molar-refractivity contribution < 1.29 is 26.8 Å². The molecule has 37 heavy (non-hydrogen) atoms. The summed E-state index contributed by atoms with van der Waals surface area (Å²) >= 11 is 0. The summed E-state index contributed by atoms with van der Waals surface area (Å²) in [4.78, 5) is 12.9. The fourth-order valence-corrected chi connectivity index (χ4v) is 5.62. The van der Waals surface area contributed by atoms with Gasteiger partial charge in [0, 0.05) is 24.0 Å². The molecule has 2 aromatic carbocycles. The Morgan fingerprint density at radius 3 is 2.30 bits per heavy atom. The number of sulfonamides is 1. The van der Waals surface area contributed by atoms with Crippen molar-refractivity contribution in [3.63, 3.8) is 0 Å². The molecule has 11 heteroatoms. The number of rotatable bonds is 10. The zero-order valence-corrected chi connectivity index (χ0v) is 22.2. The Hall–Kier alpha value is -3.70. The third-order valence-electron chi connectivity index (χ3n) is 5.48. The molecule has 0 atom stereocenters. The zero-order chi connectivity index (χ0) is 26.7. The number of aromatic nitrogens is 2. The topological polar surface area (TPSA) is 128 Å². The molecule has 2 heterocycles. The molecule has 0 radical (unpaired) electrons. The number of hydrogen-bond donors (Lipinski definition) is 1. The molecule has 1 N–H and O–H groups in total. The maximum absolute atomic E-state index is 13.2. The third kappa shape index (κ3) is 5.83. The third-order valence-corrected chi connectivity index (χ3v) is 7.32. The smallest absolute Gasteiger partial charge is 0.322 e. The van der Waals surface area contributed by atoms with Gasteiger partial charge in [-0.2, -0.15) is 4.31 Å². The van der Waals surface area contributed by atoms with Gasteiger partial charge < -0.3 is 13.6 Å². The van der Waals surface area contributed by atoms with E-state index < -0.39 is 15.9 Å². The van der Waals surface area contributed by atoms with Crippen LogP contribution in [0, 0.1) is 11.8 Å². The number of amides is 1. The minimum absolute atomic E-state index is 0.0883. The minimum atomic E-state index is -3.69. The van der Waals surface area contributed by atoms with Crippen molar-refractivity contribution >= 4 is 32.9 Å². The maximum Gasteiger partial charge on any atom is 0.322 e. The van der Waals surface area contributed by atoms with Gasteiger partial charge in [-0.05, 0) is 48.2 Å². The highest BCUT2D eigenvalue weighted by Crippen LogP contribution is 2.33. The Balaban J connectivity index is 1.48. The van der Waals surface area contributed by atoms with Crippen LogP contribution in [0.1, 0.15) is 38.1 Å². The normalized spacial score (nSPS) is 12.1. The number of nitrogens with zero attached hydrogens (tertiary/aromatic N) is 3. The molecule has 1 amide bonds. The summed E-state index contributed by atoms with van der Waals surface area (Å²) in [6.45, 7) is 8.74. The van der Waals surface area contributed by atoms with Gasteiger partial charge in [0.2, 0.25) is 10.0 Å². The molecule has 0 saturated heterocycles. The number of para-hydroxylation sites is 1. The minimum Gasteiger partial charge on any atom is -0.493 e. The largest absolute Gasteiger partial charge is 0.493 e. The van der Waals surface area contributed by atoms with Crippen molar-refractivity contribution in [2.24, 2.45) is 11.8 Å². The molecule has 0 saturated carbocycles. The molecule has 0 aliphatic heterocycles. The van der Waals surface area contributed by atoms with Gasteiger partial charge in [-0.15, -0.1) is 5.10 Å². The second-order valence-corrected chi connectivity index (χ2v) is 11.4. The van der Waals surface area contributed by atoms with E-state index in [1.54, 1.807) is 19.2 Å². The van der Waals surface area contributed by atoms with Gasteiger partial charge >= 0.3 is 6.01 Å². The van der Waals surface area contributed by atoms with Gasteiger partial charge in [0.25, 0.3) is 11.8 Å². The summed E-state index contributed by atoms with van der Waals surface area (Å²) in [5.41, 5.74) is 0.783. The number of carbonyl (C=O) groups is 1. The Bertz CT molecular complexity index is 1480. The van der Waals surface area contributed by atoms with Crippen LogP contribution in [0.25, 0.3) is 22.6 Å². The highest BCUT2D eigenvalue weighted by Gasteiger charge is 2.26. The number of benzene rings is 2. The highest BCUT2D eigenvalue weighted by atomic mass is 32.2. The molecule has 0 fully saturated rings. The van der Waals surface area contributed by atoms with E-state index in [2.05, 4.69) is 15.5 Å². The molecular formula is C26H30N4O6S. The van der Waals surface area contributed by atoms with Crippen molar-refractivity contribution in [2.75, 3.05) is 25.5 Å². The lowest BCUT2D eigenvalue weighted by molar-refractivity contribution is 0.102. The summed E-state index contributed by atoms with van der Waals surface area (Å²) in [5, 5.41) is 11.1. The molecule has 196 valence electrons. The van der Waals surface area contributed by atoms with E-state index in [-0.39, 0.29) is 34.2 Å². The number of furan rings is 1. The number of nitrogens with one attached hydrogen (secondary N) is 1. The lowest BCUT2D eigenvalue weighted by atomic mass is 10.2. The predicted molar refractivity (Wildman–Crippen MR) is 139 cm³/mol. The van der Waals surface area contributed by atoms with E-state index >= 15 is 0 Å². The first kappa shape index (κ1) is 26.4. The number of carbonyl (C=O) groups excluding carboxylic acids is 1. The lowest BCUT2D eigenvalue weighted by Gasteiger charge is -2.25. The highest BCUT2D eigenvalue weighted by molar-refractivity contribution is 7.89. The number of ether oxygens (including phenoxy) is 1. The van der Waals surface area contributed by atoms with Crippen LogP contribution in [0.15, 0.2) is 62.3 Å². The van der Waals surface area contributed by atoms with Gasteiger partial charge in [0.1, 0.15) is 0 Å². The molecule has 2 aromatic heterocycles. The summed E-state index contributed by atoms with van der Waals surface area (Å²) in [5.74, 6) is 0.823. The molecule has 0 bridgehead atoms. The standard InChI is InChI=1S/C26H30N4O6S/c1-16(2)14-30(15-17(3)4)37(32,33)20-11-9-18(10-12-20)24(31)27-26-29-28-25(36-26)22-13-19-7-6-8-21(34-5)23(19)35-22/h6-13,16-17H,14-15H2,1-5H3,(H,27,29,31). The van der Waals surface area contributed by atoms with Crippen LogP contribution in [-0.4, -0.2) is 49.0 Å². The van der Waals surface area contributed by atoms with Crippen LogP contribution in [-0.2, 0) is 10.0 Å². The van der Waals surface area contributed by atoms with E-state index in [9.17, 15) is 13.2 Å². The van der Waals surface area contributed by atoms with E-state index in [4.69, 9.17) is 13.6 Å². The number of fused-ring (bicyclic) bond motifs is 1. The van der Waals surface area contributed by atoms with Crippen molar-refractivity contribution in [1.29, 1.82) is 0 Å². The molecule has 4 rings (SSSR count). The molecule has 0 unspecified atom stereocenters. The Morgan fingerprint density at radius 1 is 1.00 bits per heavy atom. The van der Waals surface area contributed by atoms with Crippen LogP contribution in [0.2, 0.25) is 0 Å². The summed E-state index contributed by atoms with van der Waals surface area (Å²) in [6.07, 6.45) is 0. The van der Waals surface area contributed by atoms with Crippen molar-refractivity contribution in [2.45, 2.75) is 32.6 Å². The summed E-state index contributed by atoms with van der Waals surface area (Å²) < 4.78 is 44.5. The van der Waals surface area contributed by atoms with Gasteiger partial charge in [-0.1, -0.05) is 44.9 Å². The van der Waals surface area contributed by atoms with Gasteiger partial charge in [0.05, 0.1) is 12.0 Å². The van der Waals surface area contributed by atoms with Gasteiger partial charge in [-0.3, -0.25) is 10.1 Å². The van der Waals surface area contributed by atoms with E-state index in [1.165, 1.54) is 28.6 Å². The maximum atomic E-state index is 13.2. The van der Waals surface area contributed by atoms with Crippen molar-refractivity contribution in [1.82, 2.24) is 14.5 Å². The monoisotopic (exact) mass is 526 g/mol. The van der Waals surface area contributed by atoms with E-state index in [0.717, 1.165) is 5.39 Å². The van der Waals surface area contributed by atoms with Crippen molar-refractivity contribution in [3.8, 4) is 17.4 Å². The summed E-state index contributed by atoms with van der Waals surface area (Å²) in [7, 11) is -2.15. The number of methoxy groups -OCH3 is 1. The molecule has 10 nitrogen and oxygen atoms in total. The molecule has 0 aliphatic carbocycles. The Morgan fingerprint density at radius 2 is 1.68 bits per heavy atom. The van der Waals surface area contributed by atoms with E-state index in [1.807, 2.05) is 39.8 Å². The van der Waals surface area contributed by atoms with E-state index in [0.29, 0.717) is 30.2 Å². The second kappa shape index (κ2) is 10.7. The number of hydrogen-bond acceptors (Lipinski definition) is 8. The Labute approximate surface area is 215 Å². The van der Waals surface area contributed by atoms with Crippen molar-refractivity contribution in [3.05, 3.63) is 54.1 Å². The fourth-order valence-electron chi connectivity index (χ4n) is 3.86. The lowest BCUT2D eigenvalue weighted by Crippen LogP contribution is -2.37. The van der Waals surface area contributed by atoms with Crippen LogP contribution < -0.4 is 10.1 Å². The van der Waals surface area contributed by atoms with Crippen LogP contribution in [0.3, 0.4) is 0 Å². The average molecular weight is 527 g/mol. The first-order valence-corrected chi connectivity index (χ1v) is 13.3. The predicted octanol–water partition coefficient (Wildman–Crippen LogP) is 5.05. The molecule has 4 aromatic rings. The second-order valence-electron chi connectivity index (χ2n) is 9.49. The first-order valence-electron chi connectivity index (χ1n) is 11.9. The van der Waals surface area contributed by atoms with Crippen LogP contribution in [0.5, 0.6) is 5.75 Å². The molecular weight excluding hydrogens is 496 g/mol. The van der Waals surface area contributed by atoms with Gasteiger partial charge in [0.15, 0.2) is 17.1 Å².